The van der Waals surface area contributed by atoms with Crippen molar-refractivity contribution in [2.75, 3.05) is 11.9 Å². The molecule has 1 aliphatic heterocycles. The van der Waals surface area contributed by atoms with Crippen LogP contribution >= 0.6 is 0 Å². The van der Waals surface area contributed by atoms with Gasteiger partial charge in [0.25, 0.3) is 0 Å². The van der Waals surface area contributed by atoms with Crippen LogP contribution < -0.4 is 4.90 Å². The zero-order chi connectivity index (χ0) is 15.1. The summed E-state index contributed by atoms with van der Waals surface area (Å²) in [6.45, 7) is 4.05. The Morgan fingerprint density at radius 1 is 1.05 bits per heavy atom. The number of anilines is 1. The fraction of sp³-hybridized carbons (Fsp3) is 0.278. The minimum Gasteiger partial charge on any atom is -0.384 e. The van der Waals surface area contributed by atoms with Gasteiger partial charge in [-0.25, -0.2) is 0 Å². The maximum Gasteiger partial charge on any atom is 0.231 e. The second-order valence-electron chi connectivity index (χ2n) is 5.84. The number of carbonyl (C=O) groups excluding carboxylic acids is 1. The summed E-state index contributed by atoms with van der Waals surface area (Å²) in [6.07, 6.45) is -0.242. The molecule has 0 bridgehead atoms. The summed E-state index contributed by atoms with van der Waals surface area (Å²) in [5, 5.41) is 10.6. The summed E-state index contributed by atoms with van der Waals surface area (Å²) < 4.78 is 0. The minimum absolute atomic E-state index is 0.100. The van der Waals surface area contributed by atoms with Gasteiger partial charge in [-0.1, -0.05) is 41.5 Å². The lowest BCUT2D eigenvalue weighted by Crippen LogP contribution is -2.20. The predicted molar refractivity (Wildman–Crippen MR) is 83.5 cm³/mol. The van der Waals surface area contributed by atoms with Gasteiger partial charge in [0.05, 0.1) is 6.42 Å². The van der Waals surface area contributed by atoms with Crippen LogP contribution in [0.25, 0.3) is 0 Å². The first-order valence-electron chi connectivity index (χ1n) is 7.11. The molecule has 108 valence electrons. The van der Waals surface area contributed by atoms with Crippen LogP contribution in [0.15, 0.2) is 36.4 Å². The molecule has 1 heterocycles. The van der Waals surface area contributed by atoms with Gasteiger partial charge in [-0.15, -0.1) is 0 Å². The number of aliphatic hydroxyl groups is 1. The fourth-order valence-electron chi connectivity index (χ4n) is 3.02. The van der Waals surface area contributed by atoms with Crippen LogP contribution in [-0.2, 0) is 11.2 Å². The first kappa shape index (κ1) is 13.8. The molecular weight excluding hydrogens is 262 g/mol. The number of aryl methyl sites for hydroxylation is 2. The quantitative estimate of drug-likeness (QED) is 0.919. The molecule has 2 aromatic rings. The molecule has 1 N–H and O–H groups in total. The van der Waals surface area contributed by atoms with E-state index in [1.165, 1.54) is 0 Å². The number of amides is 1. The summed E-state index contributed by atoms with van der Waals surface area (Å²) >= 11 is 0. The van der Waals surface area contributed by atoms with E-state index in [4.69, 9.17) is 0 Å². The van der Waals surface area contributed by atoms with Gasteiger partial charge in [0.1, 0.15) is 6.10 Å². The summed E-state index contributed by atoms with van der Waals surface area (Å²) in [5.74, 6) is 0.100. The van der Waals surface area contributed by atoms with Gasteiger partial charge in [0.2, 0.25) is 5.91 Å². The third kappa shape index (κ3) is 2.45. The van der Waals surface area contributed by atoms with Crippen LogP contribution in [0.1, 0.15) is 33.9 Å². The summed E-state index contributed by atoms with van der Waals surface area (Å²) in [4.78, 5) is 13.4. The average molecular weight is 281 g/mol. The van der Waals surface area contributed by atoms with E-state index in [0.29, 0.717) is 6.42 Å². The molecule has 0 aromatic heterocycles. The monoisotopic (exact) mass is 281 g/mol. The number of carbonyl (C=O) groups is 1. The first-order valence-corrected chi connectivity index (χ1v) is 7.11. The van der Waals surface area contributed by atoms with Crippen molar-refractivity contribution in [3.8, 4) is 0 Å². The number of fused-ring (bicyclic) bond motifs is 1. The molecule has 2 aromatic carbocycles. The Hall–Kier alpha value is -2.13. The van der Waals surface area contributed by atoms with Crippen molar-refractivity contribution in [2.45, 2.75) is 26.4 Å². The Morgan fingerprint density at radius 2 is 1.71 bits per heavy atom. The SMILES string of the molecule is Cc1cc(C)cc(C(O)c2ccc3c(c2)CC(=O)N3C)c1. The molecular formula is C18H19NO2. The van der Waals surface area contributed by atoms with Crippen molar-refractivity contribution in [3.05, 3.63) is 64.2 Å². The third-order valence-electron chi connectivity index (χ3n) is 4.06. The topological polar surface area (TPSA) is 40.5 Å². The van der Waals surface area contributed by atoms with Crippen molar-refractivity contribution in [1.29, 1.82) is 0 Å². The molecule has 0 aliphatic carbocycles. The zero-order valence-electron chi connectivity index (χ0n) is 12.6. The molecule has 3 rings (SSSR count). The predicted octanol–water partition coefficient (Wildman–Crippen LogP) is 2.90. The lowest BCUT2D eigenvalue weighted by Gasteiger charge is -2.15. The third-order valence-corrected chi connectivity index (χ3v) is 4.06. The molecule has 0 saturated carbocycles. The highest BCUT2D eigenvalue weighted by Crippen LogP contribution is 2.32. The Morgan fingerprint density at radius 3 is 2.38 bits per heavy atom. The molecule has 0 spiro atoms. The number of hydrogen-bond acceptors (Lipinski definition) is 2. The number of rotatable bonds is 2. The molecule has 1 amide bonds. The Bertz CT molecular complexity index is 701. The van der Waals surface area contributed by atoms with Crippen LogP contribution in [0.5, 0.6) is 0 Å². The van der Waals surface area contributed by atoms with E-state index in [-0.39, 0.29) is 5.91 Å². The zero-order valence-corrected chi connectivity index (χ0v) is 12.6. The minimum atomic E-state index is -0.657. The van der Waals surface area contributed by atoms with Crippen LogP contribution in [0.3, 0.4) is 0 Å². The standard InChI is InChI=1S/C18H19NO2/c1-11-6-12(2)8-15(7-11)18(21)13-4-5-16-14(9-13)10-17(20)19(16)3/h4-9,18,21H,10H2,1-3H3. The molecule has 0 radical (unpaired) electrons. The van der Waals surface area contributed by atoms with E-state index in [9.17, 15) is 9.90 Å². The van der Waals surface area contributed by atoms with Crippen molar-refractivity contribution >= 4 is 11.6 Å². The number of nitrogens with zero attached hydrogens (tertiary/aromatic N) is 1. The Labute approximate surface area is 124 Å². The van der Waals surface area contributed by atoms with Gasteiger partial charge in [-0.2, -0.15) is 0 Å². The lowest BCUT2D eigenvalue weighted by atomic mass is 9.96. The number of likely N-dealkylation sites (N-methyl/N-ethyl adjacent to an activating group) is 1. The number of benzene rings is 2. The van der Waals surface area contributed by atoms with Gasteiger partial charge in [-0.05, 0) is 36.6 Å². The second kappa shape index (κ2) is 5.01. The first-order chi connectivity index (χ1) is 9.95. The summed E-state index contributed by atoms with van der Waals surface area (Å²) in [5.41, 5.74) is 5.94. The van der Waals surface area contributed by atoms with Crippen molar-refractivity contribution in [1.82, 2.24) is 0 Å². The van der Waals surface area contributed by atoms with E-state index in [1.807, 2.05) is 44.2 Å². The summed E-state index contributed by atoms with van der Waals surface area (Å²) in [6, 6.07) is 11.9. The van der Waals surface area contributed by atoms with E-state index in [2.05, 4.69) is 6.07 Å². The molecule has 1 unspecified atom stereocenters. The van der Waals surface area contributed by atoms with Gasteiger partial charge in [-0.3, -0.25) is 4.79 Å². The van der Waals surface area contributed by atoms with E-state index in [0.717, 1.165) is 33.5 Å². The molecule has 3 nitrogen and oxygen atoms in total. The van der Waals surface area contributed by atoms with Crippen molar-refractivity contribution < 1.29 is 9.90 Å². The molecule has 0 saturated heterocycles. The number of aliphatic hydroxyl groups excluding tert-OH is 1. The van der Waals surface area contributed by atoms with Crippen molar-refractivity contribution in [3.63, 3.8) is 0 Å². The van der Waals surface area contributed by atoms with E-state index >= 15 is 0 Å². The van der Waals surface area contributed by atoms with Crippen LogP contribution in [0, 0.1) is 13.8 Å². The van der Waals surface area contributed by atoms with Crippen molar-refractivity contribution in [2.24, 2.45) is 0 Å². The van der Waals surface area contributed by atoms with Gasteiger partial charge >= 0.3 is 0 Å². The normalized spacial score (nSPS) is 15.2. The van der Waals surface area contributed by atoms with E-state index < -0.39 is 6.10 Å². The molecule has 3 heteroatoms. The highest BCUT2D eigenvalue weighted by molar-refractivity contribution is 6.00. The lowest BCUT2D eigenvalue weighted by molar-refractivity contribution is -0.117. The van der Waals surface area contributed by atoms with Crippen LogP contribution in [0.4, 0.5) is 5.69 Å². The summed E-state index contributed by atoms with van der Waals surface area (Å²) in [7, 11) is 1.79. The number of hydrogen-bond donors (Lipinski definition) is 1. The highest BCUT2D eigenvalue weighted by Gasteiger charge is 2.25. The molecule has 1 atom stereocenters. The largest absolute Gasteiger partial charge is 0.384 e. The highest BCUT2D eigenvalue weighted by atomic mass is 16.3. The van der Waals surface area contributed by atoms with Crippen LogP contribution in [0.2, 0.25) is 0 Å². The maximum absolute atomic E-state index is 11.7. The van der Waals surface area contributed by atoms with Gasteiger partial charge < -0.3 is 10.0 Å². The molecule has 21 heavy (non-hydrogen) atoms. The van der Waals surface area contributed by atoms with Crippen LogP contribution in [-0.4, -0.2) is 18.1 Å². The average Bonchev–Trinajstić information content (AvgIpc) is 2.71. The van der Waals surface area contributed by atoms with Gasteiger partial charge in [0, 0.05) is 12.7 Å². The fourth-order valence-corrected chi connectivity index (χ4v) is 3.02. The Balaban J connectivity index is 1.98. The maximum atomic E-state index is 11.7. The molecule has 1 aliphatic rings. The molecule has 0 fully saturated rings. The second-order valence-corrected chi connectivity index (χ2v) is 5.84. The Kier molecular flexibility index (Phi) is 3.30. The van der Waals surface area contributed by atoms with Gasteiger partial charge in [0.15, 0.2) is 0 Å². The van der Waals surface area contributed by atoms with E-state index in [1.54, 1.807) is 11.9 Å². The smallest absolute Gasteiger partial charge is 0.231 e.